The van der Waals surface area contributed by atoms with E-state index in [9.17, 15) is 0 Å². The summed E-state index contributed by atoms with van der Waals surface area (Å²) in [6.45, 7) is 6.48. The van der Waals surface area contributed by atoms with Gasteiger partial charge in [0.1, 0.15) is 0 Å². The predicted molar refractivity (Wildman–Crippen MR) is 83.3 cm³/mol. The first-order valence-corrected chi connectivity index (χ1v) is 10.3. The summed E-state index contributed by atoms with van der Waals surface area (Å²) in [6, 6.07) is 10.0. The number of rotatable bonds is 3. The van der Waals surface area contributed by atoms with E-state index in [-0.39, 0.29) is 0 Å². The largest absolute Gasteiger partial charge is 0.530 e. The molecule has 0 amide bonds. The summed E-state index contributed by atoms with van der Waals surface area (Å²) in [7, 11) is -1.68. The number of benzene rings is 1. The molecule has 1 aromatic carbocycles. The lowest BCUT2D eigenvalue weighted by Gasteiger charge is -2.20. The Balaban J connectivity index is 2.23. The fourth-order valence-electron chi connectivity index (χ4n) is 2.01. The Morgan fingerprint density at radius 3 is 2.26 bits per heavy atom. The highest BCUT2D eigenvalue weighted by Gasteiger charge is 2.20. The molecule has 0 aromatic heterocycles. The van der Waals surface area contributed by atoms with Crippen LogP contribution in [0.3, 0.4) is 0 Å². The van der Waals surface area contributed by atoms with Gasteiger partial charge in [-0.3, -0.25) is 0 Å². The Bertz CT molecular complexity index is 467. The maximum atomic E-state index is 6.07. The Kier molecular flexibility index (Phi) is 4.53. The Labute approximate surface area is 116 Å². The van der Waals surface area contributed by atoms with E-state index < -0.39 is 8.32 Å². The lowest BCUT2D eigenvalue weighted by Crippen LogP contribution is -2.29. The average Bonchev–Trinajstić information content (AvgIpc) is 2.87. The molecule has 2 rings (SSSR count). The molecule has 0 saturated heterocycles. The molecule has 1 fully saturated rings. The molecule has 1 saturated carbocycles. The third kappa shape index (κ3) is 4.63. The zero-order valence-corrected chi connectivity index (χ0v) is 13.0. The summed E-state index contributed by atoms with van der Waals surface area (Å²) in [5.74, 6) is 0.666. The molecule has 19 heavy (non-hydrogen) atoms. The molecule has 0 heterocycles. The predicted octanol–water partition coefficient (Wildman–Crippen LogP) is 4.21. The van der Waals surface area contributed by atoms with Gasteiger partial charge in [-0.2, -0.15) is 5.10 Å². The molecular weight excluding hydrogens is 252 g/mol. The van der Waals surface area contributed by atoms with Crippen LogP contribution in [0.1, 0.15) is 31.2 Å². The minimum absolute atomic E-state index is 0.666. The van der Waals surface area contributed by atoms with E-state index in [1.54, 1.807) is 0 Å². The summed E-state index contributed by atoms with van der Waals surface area (Å²) >= 11 is 0. The van der Waals surface area contributed by atoms with Crippen LogP contribution in [-0.2, 0) is 4.43 Å². The molecule has 0 bridgehead atoms. The van der Waals surface area contributed by atoms with Crippen LogP contribution in [0.15, 0.2) is 40.5 Å². The van der Waals surface area contributed by atoms with Gasteiger partial charge in [0.25, 0.3) is 0 Å². The van der Waals surface area contributed by atoms with E-state index in [4.69, 9.17) is 4.43 Å². The summed E-state index contributed by atoms with van der Waals surface area (Å²) < 4.78 is 6.07. The monoisotopic (exact) mass is 274 g/mol. The Morgan fingerprint density at radius 1 is 1.05 bits per heavy atom. The Morgan fingerprint density at radius 2 is 1.68 bits per heavy atom. The molecule has 0 aliphatic heterocycles. The fourth-order valence-corrected chi connectivity index (χ4v) is 2.75. The van der Waals surface area contributed by atoms with E-state index in [0.717, 1.165) is 18.4 Å². The van der Waals surface area contributed by atoms with Crippen LogP contribution < -0.4 is 0 Å². The molecule has 102 valence electrons. The lowest BCUT2D eigenvalue weighted by atomic mass is 10.2. The normalized spacial score (nSPS) is 16.6. The maximum Gasteiger partial charge on any atom is 0.244 e. The number of nitrogens with zero attached hydrogens (tertiary/aromatic N) is 2. The molecule has 0 atom stereocenters. The highest BCUT2D eigenvalue weighted by Crippen LogP contribution is 2.16. The fraction of sp³-hybridized carbons (Fsp3) is 0.467. The maximum absolute atomic E-state index is 6.07. The molecule has 4 heteroatoms. The highest BCUT2D eigenvalue weighted by molar-refractivity contribution is 6.71. The molecule has 0 unspecified atom stereocenters. The van der Waals surface area contributed by atoms with Gasteiger partial charge in [-0.25, -0.2) is 0 Å². The van der Waals surface area contributed by atoms with Crippen LogP contribution in [0.4, 0.5) is 0 Å². The molecule has 0 spiro atoms. The molecule has 0 radical (unpaired) electrons. The quantitative estimate of drug-likeness (QED) is 0.352. The third-order valence-electron chi connectivity index (χ3n) is 2.89. The van der Waals surface area contributed by atoms with Crippen molar-refractivity contribution in [1.82, 2.24) is 0 Å². The smallest absolute Gasteiger partial charge is 0.244 e. The van der Waals surface area contributed by atoms with Crippen molar-refractivity contribution in [1.29, 1.82) is 0 Å². The summed E-state index contributed by atoms with van der Waals surface area (Å²) in [5, 5.41) is 8.76. The second-order valence-corrected chi connectivity index (χ2v) is 10.3. The van der Waals surface area contributed by atoms with Gasteiger partial charge in [0.15, 0.2) is 0 Å². The van der Waals surface area contributed by atoms with Gasteiger partial charge in [0.05, 0.1) is 0 Å². The molecule has 1 aromatic rings. The number of hydrogen-bond donors (Lipinski definition) is 0. The van der Waals surface area contributed by atoms with Crippen molar-refractivity contribution in [2.45, 2.75) is 45.3 Å². The average molecular weight is 274 g/mol. The zero-order chi connectivity index (χ0) is 13.7. The first-order chi connectivity index (χ1) is 9.04. The standard InChI is InChI=1S/C15H22N2OSi/c1-19(2,3)18-15(13-9-5-4-6-10-13)17-16-14-11-7-8-12-14/h4-6,9-10H,7-8,11-12H2,1-3H3/b17-15-. The van der Waals surface area contributed by atoms with Gasteiger partial charge in [-0.15, -0.1) is 5.10 Å². The van der Waals surface area contributed by atoms with Crippen molar-refractivity contribution in [3.05, 3.63) is 35.9 Å². The van der Waals surface area contributed by atoms with Crippen LogP contribution >= 0.6 is 0 Å². The van der Waals surface area contributed by atoms with Crippen molar-refractivity contribution in [3.63, 3.8) is 0 Å². The topological polar surface area (TPSA) is 34.0 Å². The molecule has 1 aliphatic carbocycles. The highest BCUT2D eigenvalue weighted by atomic mass is 28.4. The van der Waals surface area contributed by atoms with Crippen molar-refractivity contribution in [3.8, 4) is 0 Å². The van der Waals surface area contributed by atoms with Gasteiger partial charge >= 0.3 is 0 Å². The van der Waals surface area contributed by atoms with Gasteiger partial charge in [0, 0.05) is 11.3 Å². The summed E-state index contributed by atoms with van der Waals surface area (Å²) in [6.07, 6.45) is 4.64. The van der Waals surface area contributed by atoms with Crippen LogP contribution in [0.25, 0.3) is 0 Å². The van der Waals surface area contributed by atoms with Gasteiger partial charge in [-0.05, 0) is 57.5 Å². The summed E-state index contributed by atoms with van der Waals surface area (Å²) in [4.78, 5) is 0. The zero-order valence-electron chi connectivity index (χ0n) is 12.0. The minimum Gasteiger partial charge on any atom is -0.530 e. The van der Waals surface area contributed by atoms with Gasteiger partial charge in [0.2, 0.25) is 14.2 Å². The van der Waals surface area contributed by atoms with Crippen LogP contribution in [0.2, 0.25) is 19.6 Å². The van der Waals surface area contributed by atoms with Crippen LogP contribution in [0, 0.1) is 0 Å². The van der Waals surface area contributed by atoms with Crippen molar-refractivity contribution in [2.24, 2.45) is 10.2 Å². The van der Waals surface area contributed by atoms with E-state index in [2.05, 4.69) is 29.8 Å². The summed E-state index contributed by atoms with van der Waals surface area (Å²) in [5.41, 5.74) is 2.21. The van der Waals surface area contributed by atoms with E-state index in [1.807, 2.05) is 30.3 Å². The Hall–Kier alpha value is -1.42. The van der Waals surface area contributed by atoms with Crippen LogP contribution in [0.5, 0.6) is 0 Å². The van der Waals surface area contributed by atoms with Gasteiger partial charge in [-0.1, -0.05) is 18.2 Å². The van der Waals surface area contributed by atoms with Gasteiger partial charge < -0.3 is 4.43 Å². The lowest BCUT2D eigenvalue weighted by molar-refractivity contribution is 0.550. The molecule has 1 aliphatic rings. The first-order valence-electron chi connectivity index (χ1n) is 6.92. The first kappa shape index (κ1) is 14.0. The number of hydrogen-bond acceptors (Lipinski definition) is 3. The van der Waals surface area contributed by atoms with E-state index in [1.165, 1.54) is 18.6 Å². The minimum atomic E-state index is -1.68. The van der Waals surface area contributed by atoms with Crippen LogP contribution in [-0.4, -0.2) is 19.9 Å². The second-order valence-electron chi connectivity index (χ2n) is 5.86. The third-order valence-corrected chi connectivity index (χ3v) is 3.69. The van der Waals surface area contributed by atoms with Crippen molar-refractivity contribution in [2.75, 3.05) is 0 Å². The molecule has 0 N–H and O–H groups in total. The SMILES string of the molecule is C[Si](C)(C)O/C(=N\N=C1CCCC1)c1ccccc1. The molecular formula is C15H22N2OSi. The van der Waals surface area contributed by atoms with E-state index in [0.29, 0.717) is 5.90 Å². The second kappa shape index (κ2) is 6.15. The molecule has 3 nitrogen and oxygen atoms in total. The van der Waals surface area contributed by atoms with E-state index >= 15 is 0 Å². The van der Waals surface area contributed by atoms with Crippen molar-refractivity contribution >= 4 is 19.9 Å². The van der Waals surface area contributed by atoms with Crippen molar-refractivity contribution < 1.29 is 4.43 Å².